The summed E-state index contributed by atoms with van der Waals surface area (Å²) < 4.78 is 0. The predicted octanol–water partition coefficient (Wildman–Crippen LogP) is 1.41. The van der Waals surface area contributed by atoms with Gasteiger partial charge >= 0.3 is 11.9 Å². The lowest BCUT2D eigenvalue weighted by molar-refractivity contribution is -0.137. The van der Waals surface area contributed by atoms with E-state index >= 15 is 0 Å². The molecule has 0 aliphatic carbocycles. The minimum atomic E-state index is -0.977. The average molecular weight is 636 g/mol. The van der Waals surface area contributed by atoms with E-state index in [1.165, 1.54) is 17.8 Å². The fraction of sp³-hybridized carbons (Fsp3) is 0.394. The van der Waals surface area contributed by atoms with Crippen LogP contribution < -0.4 is 21.2 Å². The maximum absolute atomic E-state index is 12.6. The van der Waals surface area contributed by atoms with Crippen molar-refractivity contribution in [3.63, 3.8) is 0 Å². The largest absolute Gasteiger partial charge is 0.516 e. The van der Waals surface area contributed by atoms with Crippen LogP contribution in [0.2, 0.25) is 0 Å². The molecule has 2 fully saturated rings. The van der Waals surface area contributed by atoms with Gasteiger partial charge in [-0.3, -0.25) is 19.2 Å². The van der Waals surface area contributed by atoms with Gasteiger partial charge in [-0.15, -0.1) is 0 Å². The second kappa shape index (κ2) is 12.9. The van der Waals surface area contributed by atoms with E-state index in [9.17, 15) is 34.5 Å². The molecular weight excluding hydrogens is 596 g/mol. The summed E-state index contributed by atoms with van der Waals surface area (Å²) in [7, 11) is 0. The second-order valence-corrected chi connectivity index (χ2v) is 13.3. The van der Waals surface area contributed by atoms with E-state index in [2.05, 4.69) is 20.6 Å². The van der Waals surface area contributed by atoms with Crippen LogP contribution in [0.5, 0.6) is 0 Å². The summed E-state index contributed by atoms with van der Waals surface area (Å²) in [4.78, 5) is 55.0. The van der Waals surface area contributed by atoms with Crippen LogP contribution in [0.15, 0.2) is 29.2 Å². The van der Waals surface area contributed by atoms with E-state index in [1.54, 1.807) is 6.08 Å². The highest BCUT2D eigenvalue weighted by Gasteiger charge is 2.52. The zero-order valence-electron chi connectivity index (χ0n) is 25.7. The van der Waals surface area contributed by atoms with Crippen LogP contribution in [0.4, 0.5) is 0 Å². The monoisotopic (exact) mass is 635 g/mol. The number of H-pyrrole nitrogens is 2. The normalized spacial score (nSPS) is 24.8. The number of allylic oxidation sites excluding steroid dienone is 1. The molecule has 45 heavy (non-hydrogen) atoms. The van der Waals surface area contributed by atoms with Crippen LogP contribution in [0.25, 0.3) is 18.2 Å². The Morgan fingerprint density at radius 3 is 2.40 bits per heavy atom. The molecule has 2 aromatic heterocycles. The first-order chi connectivity index (χ1) is 21.4. The first-order valence-electron chi connectivity index (χ1n) is 14.9. The number of hydrogen-bond acceptors (Lipinski definition) is 5. The summed E-state index contributed by atoms with van der Waals surface area (Å²) in [5, 5.41) is 35.9. The Morgan fingerprint density at radius 1 is 1.02 bits per heavy atom. The van der Waals surface area contributed by atoms with Crippen molar-refractivity contribution >= 4 is 53.7 Å². The number of rotatable bonds is 11. The quantitative estimate of drug-likeness (QED) is 0.0842. The van der Waals surface area contributed by atoms with Crippen LogP contribution >= 0.6 is 0 Å². The number of nitrogens with one attached hydrogen (secondary N) is 4. The van der Waals surface area contributed by atoms with Gasteiger partial charge in [0.25, 0.3) is 5.91 Å². The van der Waals surface area contributed by atoms with Gasteiger partial charge in [0.2, 0.25) is 5.91 Å². The Hall–Kier alpha value is -4.45. The maximum Gasteiger partial charge on any atom is 0.307 e. The third-order valence-electron chi connectivity index (χ3n) is 9.08. The molecule has 11 nitrogen and oxygen atoms in total. The molecule has 3 aliphatic heterocycles. The van der Waals surface area contributed by atoms with Crippen LogP contribution in [0.3, 0.4) is 0 Å². The van der Waals surface area contributed by atoms with Gasteiger partial charge < -0.3 is 35.9 Å². The summed E-state index contributed by atoms with van der Waals surface area (Å²) in [6.07, 6.45) is 8.11. The number of carbonyl (C=O) groups excluding carboxylic acids is 2. The molecule has 238 valence electrons. The molecule has 12 heteroatoms. The van der Waals surface area contributed by atoms with E-state index < -0.39 is 11.9 Å². The van der Waals surface area contributed by atoms with Crippen molar-refractivity contribution in [2.45, 2.75) is 64.7 Å². The van der Waals surface area contributed by atoms with Crippen molar-refractivity contribution in [1.82, 2.24) is 20.6 Å². The van der Waals surface area contributed by atoms with Gasteiger partial charge in [-0.05, 0) is 84.7 Å². The Kier molecular flexibility index (Phi) is 9.15. The number of aromatic nitrogens is 2. The Morgan fingerprint density at radius 2 is 1.76 bits per heavy atom. The summed E-state index contributed by atoms with van der Waals surface area (Å²) in [5.41, 5.74) is 6.88. The molecule has 4 atom stereocenters. The molecule has 0 radical (unpaired) electrons. The number of carboxylic acids is 2. The molecule has 5 heterocycles. The van der Waals surface area contributed by atoms with Gasteiger partial charge in [0, 0.05) is 52.5 Å². The Balaban J connectivity index is 1.61. The number of carbonyl (C=O) groups is 4. The molecule has 3 aliphatic rings. The first kappa shape index (κ1) is 32.0. The number of aliphatic carboxylic acids is 2. The van der Waals surface area contributed by atoms with Crippen LogP contribution in [-0.4, -0.2) is 66.1 Å². The third kappa shape index (κ3) is 6.65. The highest BCUT2D eigenvalue weighted by atomic mass is 32.2. The number of aliphatic hydroxyl groups is 1. The van der Waals surface area contributed by atoms with Gasteiger partial charge in [-0.1, -0.05) is 13.0 Å². The molecule has 0 unspecified atom stereocenters. The average Bonchev–Trinajstić information content (AvgIpc) is 3.56. The van der Waals surface area contributed by atoms with Crippen LogP contribution in [0.1, 0.15) is 60.5 Å². The van der Waals surface area contributed by atoms with Crippen molar-refractivity contribution in [3.05, 3.63) is 73.5 Å². The zero-order valence-corrected chi connectivity index (χ0v) is 26.5. The van der Waals surface area contributed by atoms with Crippen LogP contribution in [0, 0.1) is 25.7 Å². The minimum Gasteiger partial charge on any atom is -0.516 e. The lowest BCUT2D eigenvalue weighted by Gasteiger charge is -2.12. The van der Waals surface area contributed by atoms with Crippen LogP contribution in [-0.2, 0) is 43.8 Å². The highest BCUT2D eigenvalue weighted by molar-refractivity contribution is 7.86. The van der Waals surface area contributed by atoms with Gasteiger partial charge in [0.15, 0.2) is 11.0 Å². The number of amides is 2. The first-order valence-corrected chi connectivity index (χ1v) is 16.1. The topological polar surface area (TPSA) is 185 Å². The molecule has 2 amide bonds. The van der Waals surface area contributed by atoms with E-state index in [0.29, 0.717) is 33.5 Å². The molecule has 5 rings (SSSR count). The molecular formula is C33H39N4O7S+. The lowest BCUT2D eigenvalue weighted by atomic mass is 9.91. The zero-order chi connectivity index (χ0) is 32.6. The highest BCUT2D eigenvalue weighted by Crippen LogP contribution is 2.38. The maximum atomic E-state index is 12.6. The molecule has 0 aromatic carbocycles. The fourth-order valence-electron chi connectivity index (χ4n) is 6.39. The molecule has 0 saturated carbocycles. The summed E-state index contributed by atoms with van der Waals surface area (Å²) in [6.45, 7) is 7.60. The van der Waals surface area contributed by atoms with Gasteiger partial charge in [0.1, 0.15) is 0 Å². The second-order valence-electron chi connectivity index (χ2n) is 11.9. The van der Waals surface area contributed by atoms with Crippen molar-refractivity contribution in [3.8, 4) is 0 Å². The number of hydrogen-bond donors (Lipinski definition) is 7. The smallest absolute Gasteiger partial charge is 0.307 e. The van der Waals surface area contributed by atoms with Gasteiger partial charge in [-0.25, -0.2) is 0 Å². The third-order valence-corrected chi connectivity index (χ3v) is 10.2. The van der Waals surface area contributed by atoms with E-state index in [1.807, 2.05) is 39.8 Å². The number of thiol groups is 1. The minimum absolute atomic E-state index is 0.00600. The van der Waals surface area contributed by atoms with Crippen molar-refractivity contribution in [1.29, 1.82) is 0 Å². The summed E-state index contributed by atoms with van der Waals surface area (Å²) >= 11 is 1.34. The molecule has 2 saturated heterocycles. The molecule has 0 spiro atoms. The number of carboxylic acid groups (broad SMARTS) is 2. The van der Waals surface area contributed by atoms with Gasteiger partial charge in [-0.2, -0.15) is 0 Å². The Labute approximate surface area is 264 Å². The number of aromatic amines is 2. The number of aliphatic hydroxyl groups excluding tert-OH is 1. The summed E-state index contributed by atoms with van der Waals surface area (Å²) in [5.74, 6) is -1.10. The SMILES string of the molecule is CC1=C(/C=C/O)C(=O)N[C@@H]1Cc1[nH]c(=C\c2[nH]c(/C=C3\NC(=O)[C@H](C)[C@H]3[C@H]3C[SH+]3)c(C)c2CCC(=O)O)/c(=C/CC(=O)O)c1C. The van der Waals surface area contributed by atoms with Crippen molar-refractivity contribution < 1.29 is 34.5 Å². The van der Waals surface area contributed by atoms with E-state index in [4.69, 9.17) is 0 Å². The lowest BCUT2D eigenvalue weighted by Crippen LogP contribution is -2.30. The Bertz CT molecular complexity index is 1790. The predicted molar refractivity (Wildman–Crippen MR) is 173 cm³/mol. The fourth-order valence-corrected chi connectivity index (χ4v) is 7.39. The van der Waals surface area contributed by atoms with Gasteiger partial charge in [0.05, 0.1) is 24.6 Å². The molecule has 7 N–H and O–H groups in total. The summed E-state index contributed by atoms with van der Waals surface area (Å²) in [6, 6.07) is -0.318. The standard InChI is InChI=1S/C33H38N4O7S/c1-15-19(5-7-29(39)40)25(34-22(15)11-24-17(3)21(9-10-38)33(44)36-24)13-26-20(6-8-30(41)42)16(2)23(35-26)12-27-31(28-14-45-28)18(4)32(43)37-27/h5,9-10,12-13,18,24,28,31,34-35,38H,6-8,11,14H2,1-4H3,(H,36,44)(H,37,43)(H,39,40)(H,41,42)/p+1/b10-9+,19-5+,25-13-,27-12-/t18-,24-,28-,31-/m1/s1. The van der Waals surface area contributed by atoms with E-state index in [-0.39, 0.29) is 49.0 Å². The van der Waals surface area contributed by atoms with Crippen molar-refractivity contribution in [2.75, 3.05) is 5.75 Å². The molecule has 2 aromatic rings. The van der Waals surface area contributed by atoms with Crippen molar-refractivity contribution in [2.24, 2.45) is 11.8 Å². The van der Waals surface area contributed by atoms with E-state index in [0.717, 1.165) is 51.4 Å². The molecule has 0 bridgehead atoms.